The first-order chi connectivity index (χ1) is 11.7. The number of pyridine rings is 1. The molecule has 1 N–H and O–H groups in total. The van der Waals surface area contributed by atoms with E-state index in [0.29, 0.717) is 6.42 Å². The third-order valence-electron chi connectivity index (χ3n) is 4.00. The Kier molecular flexibility index (Phi) is 5.02. The smallest absolute Gasteiger partial charge is 0.232 e. The summed E-state index contributed by atoms with van der Waals surface area (Å²) in [4.78, 5) is 17.0. The Morgan fingerprint density at radius 2 is 1.75 bits per heavy atom. The molecule has 2 aromatic carbocycles. The summed E-state index contributed by atoms with van der Waals surface area (Å²) in [6.45, 7) is 2.03. The predicted octanol–water partition coefficient (Wildman–Crippen LogP) is 4.36. The van der Waals surface area contributed by atoms with Crippen LogP contribution in [0.3, 0.4) is 0 Å². The monoisotopic (exact) mass is 316 g/mol. The third kappa shape index (κ3) is 4.07. The van der Waals surface area contributed by atoms with E-state index in [1.807, 2.05) is 79.9 Å². The van der Waals surface area contributed by atoms with Gasteiger partial charge in [-0.05, 0) is 42.7 Å². The number of nitrogens with zero attached hydrogens (tertiary/aromatic N) is 1. The first-order valence-electron chi connectivity index (χ1n) is 8.04. The summed E-state index contributed by atoms with van der Waals surface area (Å²) >= 11 is 0. The molecule has 120 valence electrons. The number of carbonyl (C=O) groups is 1. The van der Waals surface area contributed by atoms with Crippen LogP contribution in [0.5, 0.6) is 0 Å². The minimum absolute atomic E-state index is 0.00564. The molecule has 1 aromatic heterocycles. The van der Waals surface area contributed by atoms with Crippen LogP contribution < -0.4 is 5.32 Å². The highest BCUT2D eigenvalue weighted by Gasteiger charge is 2.21. The van der Waals surface area contributed by atoms with Gasteiger partial charge in [-0.15, -0.1) is 0 Å². The number of amides is 1. The minimum Gasteiger partial charge on any atom is -0.326 e. The third-order valence-corrected chi connectivity index (χ3v) is 4.00. The fraction of sp³-hybridized carbons (Fsp3) is 0.143. The molecule has 1 heterocycles. The number of benzene rings is 2. The Bertz CT molecular complexity index is 783. The van der Waals surface area contributed by atoms with Gasteiger partial charge in [0.25, 0.3) is 0 Å². The molecule has 1 atom stereocenters. The molecular weight excluding hydrogens is 296 g/mol. The van der Waals surface area contributed by atoms with Gasteiger partial charge in [0.1, 0.15) is 0 Å². The summed E-state index contributed by atoms with van der Waals surface area (Å²) in [7, 11) is 0. The molecule has 1 amide bonds. The Morgan fingerprint density at radius 3 is 2.42 bits per heavy atom. The Labute approximate surface area is 142 Å². The fourth-order valence-corrected chi connectivity index (χ4v) is 2.67. The van der Waals surface area contributed by atoms with E-state index in [2.05, 4.69) is 10.3 Å². The van der Waals surface area contributed by atoms with Crippen molar-refractivity contribution < 1.29 is 4.79 Å². The van der Waals surface area contributed by atoms with Crippen molar-refractivity contribution in [1.82, 2.24) is 4.98 Å². The number of nitrogens with one attached hydrogen (secondary N) is 1. The molecule has 0 aliphatic rings. The molecule has 0 saturated heterocycles. The maximum atomic E-state index is 12.9. The number of carbonyl (C=O) groups excluding carboxylic acids is 1. The molecule has 0 aliphatic carbocycles. The Hall–Kier alpha value is -2.94. The second-order valence-electron chi connectivity index (χ2n) is 5.88. The van der Waals surface area contributed by atoms with E-state index in [0.717, 1.165) is 16.8 Å². The summed E-state index contributed by atoms with van der Waals surface area (Å²) in [5, 5.41) is 3.03. The zero-order chi connectivity index (χ0) is 16.8. The van der Waals surface area contributed by atoms with Crippen LogP contribution >= 0.6 is 0 Å². The lowest BCUT2D eigenvalue weighted by atomic mass is 9.91. The maximum absolute atomic E-state index is 12.9. The van der Waals surface area contributed by atoms with Gasteiger partial charge in [-0.25, -0.2) is 0 Å². The number of rotatable bonds is 5. The number of aryl methyl sites for hydroxylation is 1. The quantitative estimate of drug-likeness (QED) is 0.760. The average Bonchev–Trinajstić information content (AvgIpc) is 2.63. The van der Waals surface area contributed by atoms with E-state index in [1.54, 1.807) is 6.20 Å². The zero-order valence-electron chi connectivity index (χ0n) is 13.6. The topological polar surface area (TPSA) is 42.0 Å². The molecule has 3 rings (SSSR count). The maximum Gasteiger partial charge on any atom is 0.232 e. The molecule has 3 aromatic rings. The Morgan fingerprint density at radius 1 is 1.00 bits per heavy atom. The number of anilines is 1. The molecule has 3 nitrogen and oxygen atoms in total. The van der Waals surface area contributed by atoms with Crippen LogP contribution in [0.25, 0.3) is 0 Å². The SMILES string of the molecule is Cc1ccc(NC(=O)C(Cc2cccnc2)c2ccccc2)cc1. The highest BCUT2D eigenvalue weighted by atomic mass is 16.1. The normalized spacial score (nSPS) is 11.7. The van der Waals surface area contributed by atoms with Gasteiger partial charge in [0, 0.05) is 18.1 Å². The standard InChI is InChI=1S/C21H20N2O/c1-16-9-11-19(12-10-16)23-21(24)20(18-7-3-2-4-8-18)14-17-6-5-13-22-15-17/h2-13,15,20H,14H2,1H3,(H,23,24). The van der Waals surface area contributed by atoms with Crippen molar-refractivity contribution in [3.8, 4) is 0 Å². The van der Waals surface area contributed by atoms with Gasteiger partial charge in [0.15, 0.2) is 0 Å². The van der Waals surface area contributed by atoms with Gasteiger partial charge in [0.2, 0.25) is 5.91 Å². The van der Waals surface area contributed by atoms with Crippen LogP contribution in [0.4, 0.5) is 5.69 Å². The van der Waals surface area contributed by atoms with Gasteiger partial charge in [0.05, 0.1) is 5.92 Å². The minimum atomic E-state index is -0.253. The second-order valence-corrected chi connectivity index (χ2v) is 5.88. The molecule has 0 radical (unpaired) electrons. The van der Waals surface area contributed by atoms with Crippen LogP contribution in [0.15, 0.2) is 79.1 Å². The zero-order valence-corrected chi connectivity index (χ0v) is 13.6. The van der Waals surface area contributed by atoms with Crippen molar-refractivity contribution in [3.63, 3.8) is 0 Å². The second kappa shape index (κ2) is 7.55. The molecule has 0 bridgehead atoms. The van der Waals surface area contributed by atoms with Gasteiger partial charge in [-0.1, -0.05) is 54.1 Å². The van der Waals surface area contributed by atoms with Crippen LogP contribution in [0, 0.1) is 6.92 Å². The van der Waals surface area contributed by atoms with E-state index in [4.69, 9.17) is 0 Å². The lowest BCUT2D eigenvalue weighted by Gasteiger charge is -2.17. The molecule has 1 unspecified atom stereocenters. The number of aromatic nitrogens is 1. The van der Waals surface area contributed by atoms with Crippen LogP contribution in [0.1, 0.15) is 22.6 Å². The van der Waals surface area contributed by atoms with E-state index in [9.17, 15) is 4.79 Å². The molecule has 24 heavy (non-hydrogen) atoms. The molecule has 0 saturated carbocycles. The van der Waals surface area contributed by atoms with Crippen molar-refractivity contribution in [1.29, 1.82) is 0 Å². The van der Waals surface area contributed by atoms with Crippen molar-refractivity contribution in [2.45, 2.75) is 19.3 Å². The van der Waals surface area contributed by atoms with Gasteiger partial charge >= 0.3 is 0 Å². The summed E-state index contributed by atoms with van der Waals surface area (Å²) in [5.41, 5.74) is 4.04. The lowest BCUT2D eigenvalue weighted by Crippen LogP contribution is -2.23. The highest BCUT2D eigenvalue weighted by Crippen LogP contribution is 2.23. The number of hydrogen-bond donors (Lipinski definition) is 1. The molecule has 3 heteroatoms. The summed E-state index contributed by atoms with van der Waals surface area (Å²) < 4.78 is 0. The average molecular weight is 316 g/mol. The van der Waals surface area contributed by atoms with Crippen molar-refractivity contribution in [2.75, 3.05) is 5.32 Å². The van der Waals surface area contributed by atoms with Crippen molar-refractivity contribution >= 4 is 11.6 Å². The summed E-state index contributed by atoms with van der Waals surface area (Å²) in [6.07, 6.45) is 4.18. The summed E-state index contributed by atoms with van der Waals surface area (Å²) in [5.74, 6) is -0.259. The van der Waals surface area contributed by atoms with E-state index in [-0.39, 0.29) is 11.8 Å². The van der Waals surface area contributed by atoms with E-state index in [1.165, 1.54) is 5.56 Å². The van der Waals surface area contributed by atoms with Crippen LogP contribution in [-0.2, 0) is 11.2 Å². The number of hydrogen-bond acceptors (Lipinski definition) is 2. The first-order valence-corrected chi connectivity index (χ1v) is 8.04. The fourth-order valence-electron chi connectivity index (χ4n) is 2.67. The van der Waals surface area contributed by atoms with Crippen LogP contribution in [-0.4, -0.2) is 10.9 Å². The lowest BCUT2D eigenvalue weighted by molar-refractivity contribution is -0.117. The van der Waals surface area contributed by atoms with E-state index >= 15 is 0 Å². The Balaban J connectivity index is 1.83. The van der Waals surface area contributed by atoms with Crippen LogP contribution in [0.2, 0.25) is 0 Å². The van der Waals surface area contributed by atoms with Crippen molar-refractivity contribution in [2.24, 2.45) is 0 Å². The molecule has 0 aliphatic heterocycles. The largest absolute Gasteiger partial charge is 0.326 e. The van der Waals surface area contributed by atoms with E-state index < -0.39 is 0 Å². The first kappa shape index (κ1) is 15.9. The highest BCUT2D eigenvalue weighted by molar-refractivity contribution is 5.96. The van der Waals surface area contributed by atoms with Gasteiger partial charge in [-0.3, -0.25) is 9.78 Å². The van der Waals surface area contributed by atoms with Gasteiger partial charge in [-0.2, -0.15) is 0 Å². The van der Waals surface area contributed by atoms with Gasteiger partial charge < -0.3 is 5.32 Å². The summed E-state index contributed by atoms with van der Waals surface area (Å²) in [6, 6.07) is 21.6. The predicted molar refractivity (Wildman–Crippen MR) is 96.9 cm³/mol. The molecule has 0 fully saturated rings. The molecular formula is C21H20N2O. The van der Waals surface area contributed by atoms with Crippen molar-refractivity contribution in [3.05, 3.63) is 95.8 Å². The molecule has 0 spiro atoms.